The Morgan fingerprint density at radius 3 is 2.52 bits per heavy atom. The van der Waals surface area contributed by atoms with Crippen molar-refractivity contribution in [2.45, 2.75) is 26.2 Å². The highest BCUT2D eigenvalue weighted by Gasteiger charge is 2.19. The van der Waals surface area contributed by atoms with Crippen LogP contribution in [0.1, 0.15) is 26.5 Å². The summed E-state index contributed by atoms with van der Waals surface area (Å²) in [5.74, 6) is 0. The lowest BCUT2D eigenvalue weighted by atomic mass is 9.91. The van der Waals surface area contributed by atoms with Crippen LogP contribution in [0.2, 0.25) is 0 Å². The summed E-state index contributed by atoms with van der Waals surface area (Å²) in [4.78, 5) is 14.3. The van der Waals surface area contributed by atoms with Crippen molar-refractivity contribution in [3.05, 3.63) is 72.8 Å². The summed E-state index contributed by atoms with van der Waals surface area (Å²) < 4.78 is 2.14. The Labute approximate surface area is 157 Å². The largest absolute Gasteiger partial charge is 0.297 e. The van der Waals surface area contributed by atoms with Gasteiger partial charge in [0.25, 0.3) is 0 Å². The molecule has 0 N–H and O–H groups in total. The number of hydrogen-bond donors (Lipinski definition) is 0. The second kappa shape index (κ2) is 5.61. The third kappa shape index (κ3) is 2.48. The molecule has 1 aromatic carbocycles. The first kappa shape index (κ1) is 15.9. The molecule has 4 heterocycles. The smallest absolute Gasteiger partial charge is 0.147 e. The minimum Gasteiger partial charge on any atom is -0.297 e. The van der Waals surface area contributed by atoms with E-state index in [1.807, 2.05) is 24.5 Å². The van der Waals surface area contributed by atoms with Crippen molar-refractivity contribution >= 4 is 27.6 Å². The first-order valence-corrected chi connectivity index (χ1v) is 9.14. The van der Waals surface area contributed by atoms with Gasteiger partial charge in [0.1, 0.15) is 5.65 Å². The van der Waals surface area contributed by atoms with Crippen LogP contribution in [0, 0.1) is 0 Å². The van der Waals surface area contributed by atoms with Crippen LogP contribution in [-0.4, -0.2) is 19.4 Å². The molecular weight excluding hydrogens is 332 g/mol. The molecule has 0 spiro atoms. The van der Waals surface area contributed by atoms with Gasteiger partial charge in [-0.3, -0.25) is 14.4 Å². The molecule has 0 aliphatic heterocycles. The van der Waals surface area contributed by atoms with E-state index in [4.69, 9.17) is 9.97 Å². The van der Waals surface area contributed by atoms with Crippen LogP contribution < -0.4 is 0 Å². The topological polar surface area (TPSA) is 43.1 Å². The molecular formula is C23H20N4. The Bertz CT molecular complexity index is 1290. The molecule has 0 saturated heterocycles. The molecule has 0 aliphatic carbocycles. The Balaban J connectivity index is 1.91. The summed E-state index contributed by atoms with van der Waals surface area (Å²) in [6.07, 6.45) is 5.91. The highest BCUT2D eigenvalue weighted by molar-refractivity contribution is 6.03. The first-order chi connectivity index (χ1) is 13.0. The predicted octanol–water partition coefficient (Wildman–Crippen LogP) is 5.40. The van der Waals surface area contributed by atoms with Gasteiger partial charge in [0, 0.05) is 34.5 Å². The molecule has 0 saturated carbocycles. The van der Waals surface area contributed by atoms with Gasteiger partial charge < -0.3 is 0 Å². The Morgan fingerprint density at radius 1 is 0.926 bits per heavy atom. The second-order valence-electron chi connectivity index (χ2n) is 7.92. The van der Waals surface area contributed by atoms with Crippen LogP contribution in [-0.2, 0) is 5.41 Å². The van der Waals surface area contributed by atoms with E-state index in [1.165, 1.54) is 0 Å². The Morgan fingerprint density at radius 2 is 1.74 bits per heavy atom. The van der Waals surface area contributed by atoms with E-state index in [-0.39, 0.29) is 5.41 Å². The quantitative estimate of drug-likeness (QED) is 0.406. The number of pyridine rings is 3. The van der Waals surface area contributed by atoms with E-state index in [0.717, 1.165) is 44.4 Å². The van der Waals surface area contributed by atoms with E-state index >= 15 is 0 Å². The van der Waals surface area contributed by atoms with Crippen molar-refractivity contribution in [2.75, 3.05) is 0 Å². The average molecular weight is 352 g/mol. The highest BCUT2D eigenvalue weighted by Crippen LogP contribution is 2.32. The Hall–Kier alpha value is -3.27. The zero-order chi connectivity index (χ0) is 18.6. The molecule has 0 radical (unpaired) electrons. The third-order valence-corrected chi connectivity index (χ3v) is 4.99. The lowest BCUT2D eigenvalue weighted by Crippen LogP contribution is -2.13. The third-order valence-electron chi connectivity index (χ3n) is 4.99. The number of nitrogens with zero attached hydrogens (tertiary/aromatic N) is 4. The van der Waals surface area contributed by atoms with Gasteiger partial charge in [0.05, 0.1) is 22.7 Å². The van der Waals surface area contributed by atoms with E-state index in [1.54, 1.807) is 0 Å². The molecule has 132 valence electrons. The fourth-order valence-electron chi connectivity index (χ4n) is 3.55. The Kier molecular flexibility index (Phi) is 3.31. The number of imidazole rings is 1. The van der Waals surface area contributed by atoms with Crippen LogP contribution in [0.5, 0.6) is 0 Å². The van der Waals surface area contributed by atoms with Crippen LogP contribution >= 0.6 is 0 Å². The van der Waals surface area contributed by atoms with E-state index in [0.29, 0.717) is 0 Å². The van der Waals surface area contributed by atoms with Gasteiger partial charge in [0.2, 0.25) is 0 Å². The maximum Gasteiger partial charge on any atom is 0.147 e. The normalized spacial score (nSPS) is 12.3. The molecule has 4 nitrogen and oxygen atoms in total. The molecule has 5 aromatic rings. The van der Waals surface area contributed by atoms with Crippen LogP contribution in [0.3, 0.4) is 0 Å². The number of hydrogen-bond acceptors (Lipinski definition) is 3. The number of fused-ring (bicyclic) bond motifs is 5. The van der Waals surface area contributed by atoms with Gasteiger partial charge in [-0.05, 0) is 23.8 Å². The fraction of sp³-hybridized carbons (Fsp3) is 0.174. The van der Waals surface area contributed by atoms with Crippen LogP contribution in [0.4, 0.5) is 0 Å². The fourth-order valence-corrected chi connectivity index (χ4v) is 3.55. The van der Waals surface area contributed by atoms with Gasteiger partial charge >= 0.3 is 0 Å². The van der Waals surface area contributed by atoms with Crippen LogP contribution in [0.25, 0.3) is 38.7 Å². The van der Waals surface area contributed by atoms with Crippen molar-refractivity contribution in [3.63, 3.8) is 0 Å². The molecule has 0 aliphatic rings. The SMILES string of the molecule is CC(C)(C)c1cc2nc3c4cccnc4c(-c4ccccc4)cn3c2cn1. The number of rotatable bonds is 1. The van der Waals surface area contributed by atoms with Crippen molar-refractivity contribution in [3.8, 4) is 11.1 Å². The summed E-state index contributed by atoms with van der Waals surface area (Å²) >= 11 is 0. The van der Waals surface area contributed by atoms with Gasteiger partial charge in [-0.2, -0.15) is 0 Å². The average Bonchev–Trinajstić information content (AvgIpc) is 3.05. The summed E-state index contributed by atoms with van der Waals surface area (Å²) in [7, 11) is 0. The number of aromatic nitrogens is 4. The van der Waals surface area contributed by atoms with Crippen molar-refractivity contribution in [1.29, 1.82) is 0 Å². The van der Waals surface area contributed by atoms with Gasteiger partial charge in [-0.15, -0.1) is 0 Å². The van der Waals surface area contributed by atoms with E-state index < -0.39 is 0 Å². The first-order valence-electron chi connectivity index (χ1n) is 9.14. The maximum absolute atomic E-state index is 4.94. The molecule has 27 heavy (non-hydrogen) atoms. The monoisotopic (exact) mass is 352 g/mol. The molecule has 0 fully saturated rings. The summed E-state index contributed by atoms with van der Waals surface area (Å²) in [6, 6.07) is 16.5. The zero-order valence-electron chi connectivity index (χ0n) is 15.6. The highest BCUT2D eigenvalue weighted by atomic mass is 15.0. The molecule has 0 unspecified atom stereocenters. The molecule has 4 heteroatoms. The van der Waals surface area contributed by atoms with E-state index in [9.17, 15) is 0 Å². The molecule has 0 bridgehead atoms. The van der Waals surface area contributed by atoms with Crippen molar-refractivity contribution < 1.29 is 0 Å². The second-order valence-corrected chi connectivity index (χ2v) is 7.92. The maximum atomic E-state index is 4.94. The number of benzene rings is 1. The standard InChI is InChI=1S/C23H20N4/c1-23(2,3)20-12-18-19(13-25-20)27-14-17(15-8-5-4-6-9-15)21-16(22(27)26-18)10-7-11-24-21/h4-14H,1-3H3. The minimum absolute atomic E-state index is 0.0111. The molecule has 4 aromatic heterocycles. The minimum atomic E-state index is -0.0111. The molecule has 0 atom stereocenters. The van der Waals surface area contributed by atoms with Gasteiger partial charge in [-0.1, -0.05) is 51.1 Å². The molecule has 0 amide bonds. The van der Waals surface area contributed by atoms with Gasteiger partial charge in [-0.25, -0.2) is 4.98 Å². The van der Waals surface area contributed by atoms with Crippen molar-refractivity contribution in [2.24, 2.45) is 0 Å². The van der Waals surface area contributed by atoms with Gasteiger partial charge in [0.15, 0.2) is 0 Å². The predicted molar refractivity (Wildman–Crippen MR) is 110 cm³/mol. The van der Waals surface area contributed by atoms with E-state index in [2.05, 4.69) is 72.8 Å². The van der Waals surface area contributed by atoms with Crippen LogP contribution in [0.15, 0.2) is 67.1 Å². The lowest BCUT2D eigenvalue weighted by Gasteiger charge is -2.16. The summed E-state index contributed by atoms with van der Waals surface area (Å²) in [5.41, 5.74) is 7.14. The summed E-state index contributed by atoms with van der Waals surface area (Å²) in [5, 5.41) is 1.05. The molecule has 5 rings (SSSR count). The zero-order valence-corrected chi connectivity index (χ0v) is 15.6. The summed E-state index contributed by atoms with van der Waals surface area (Å²) in [6.45, 7) is 6.51. The van der Waals surface area contributed by atoms with Crippen molar-refractivity contribution in [1.82, 2.24) is 19.4 Å². The lowest BCUT2D eigenvalue weighted by molar-refractivity contribution is 0.570.